The van der Waals surface area contributed by atoms with Gasteiger partial charge in [0.05, 0.1) is 0 Å². The summed E-state index contributed by atoms with van der Waals surface area (Å²) in [5.41, 5.74) is 1.26. The van der Waals surface area contributed by atoms with Crippen molar-refractivity contribution in [1.29, 1.82) is 0 Å². The maximum absolute atomic E-state index is 5.94. The van der Waals surface area contributed by atoms with Crippen LogP contribution in [0.25, 0.3) is 0 Å². The largest absolute Gasteiger partial charge is 0.369 e. The first kappa shape index (κ1) is 8.89. The molecule has 70 valence electrons. The van der Waals surface area contributed by atoms with Gasteiger partial charge < -0.3 is 4.90 Å². The zero-order chi connectivity index (χ0) is 9.26. The Morgan fingerprint density at radius 1 is 1.46 bits per heavy atom. The molecule has 1 unspecified atom stereocenters. The first-order valence-corrected chi connectivity index (χ1v) is 5.17. The molecule has 13 heavy (non-hydrogen) atoms. The molecule has 1 aromatic carbocycles. The second kappa shape index (κ2) is 3.59. The highest BCUT2D eigenvalue weighted by Crippen LogP contribution is 2.26. The van der Waals surface area contributed by atoms with Crippen molar-refractivity contribution in [2.24, 2.45) is 0 Å². The lowest BCUT2D eigenvalue weighted by atomic mass is 10.2. The van der Waals surface area contributed by atoms with E-state index in [9.17, 15) is 0 Å². The van der Waals surface area contributed by atoms with Crippen LogP contribution in [0.2, 0.25) is 5.02 Å². The van der Waals surface area contributed by atoms with Gasteiger partial charge >= 0.3 is 0 Å². The highest BCUT2D eigenvalue weighted by molar-refractivity contribution is 6.30. The van der Waals surface area contributed by atoms with Crippen molar-refractivity contribution in [1.82, 2.24) is 0 Å². The summed E-state index contributed by atoms with van der Waals surface area (Å²) in [6.45, 7) is 3.44. The van der Waals surface area contributed by atoms with Gasteiger partial charge in [0.15, 0.2) is 0 Å². The van der Waals surface area contributed by atoms with Crippen LogP contribution in [0.15, 0.2) is 24.3 Å². The highest BCUT2D eigenvalue weighted by Gasteiger charge is 2.20. The Hall–Kier alpha value is -0.690. The topological polar surface area (TPSA) is 3.24 Å². The third-order valence-electron chi connectivity index (χ3n) is 2.69. The van der Waals surface area contributed by atoms with Crippen LogP contribution in [0.4, 0.5) is 5.69 Å². The Morgan fingerprint density at radius 2 is 2.31 bits per heavy atom. The molecule has 2 rings (SSSR count). The van der Waals surface area contributed by atoms with Crippen molar-refractivity contribution in [3.05, 3.63) is 29.3 Å². The number of hydrogen-bond donors (Lipinski definition) is 0. The van der Waals surface area contributed by atoms with E-state index in [2.05, 4.69) is 17.9 Å². The Kier molecular flexibility index (Phi) is 2.45. The maximum Gasteiger partial charge on any atom is 0.0426 e. The summed E-state index contributed by atoms with van der Waals surface area (Å²) in [5, 5.41) is 0.830. The van der Waals surface area contributed by atoms with Crippen molar-refractivity contribution in [3.63, 3.8) is 0 Å². The summed E-state index contributed by atoms with van der Waals surface area (Å²) in [6, 6.07) is 8.78. The van der Waals surface area contributed by atoms with E-state index in [0.717, 1.165) is 5.02 Å². The molecular weight excluding hydrogens is 182 g/mol. The van der Waals surface area contributed by atoms with E-state index in [1.165, 1.54) is 25.1 Å². The van der Waals surface area contributed by atoms with Crippen LogP contribution in [0, 0.1) is 0 Å². The molecule has 1 heterocycles. The van der Waals surface area contributed by atoms with E-state index < -0.39 is 0 Å². The first-order valence-electron chi connectivity index (χ1n) is 4.79. The molecule has 0 spiro atoms. The molecule has 2 heteroatoms. The van der Waals surface area contributed by atoms with Crippen LogP contribution in [0.5, 0.6) is 0 Å². The zero-order valence-electron chi connectivity index (χ0n) is 7.83. The molecule has 0 bridgehead atoms. The fourth-order valence-corrected chi connectivity index (χ4v) is 2.16. The highest BCUT2D eigenvalue weighted by atomic mass is 35.5. The summed E-state index contributed by atoms with van der Waals surface area (Å²) in [7, 11) is 0. The van der Waals surface area contributed by atoms with E-state index in [1.807, 2.05) is 18.2 Å². The van der Waals surface area contributed by atoms with Gasteiger partial charge in [-0.05, 0) is 38.0 Å². The second-order valence-corrected chi connectivity index (χ2v) is 4.10. The van der Waals surface area contributed by atoms with E-state index >= 15 is 0 Å². The average Bonchev–Trinajstić information content (AvgIpc) is 2.51. The predicted molar refractivity (Wildman–Crippen MR) is 57.5 cm³/mol. The van der Waals surface area contributed by atoms with Gasteiger partial charge in [0.25, 0.3) is 0 Å². The summed E-state index contributed by atoms with van der Waals surface area (Å²) >= 11 is 5.94. The predicted octanol–water partition coefficient (Wildman–Crippen LogP) is 3.33. The SMILES string of the molecule is CC1CCCN1c1cccc(Cl)c1. The molecule has 1 fully saturated rings. The number of rotatable bonds is 1. The lowest BCUT2D eigenvalue weighted by Gasteiger charge is -2.23. The molecule has 1 nitrogen and oxygen atoms in total. The lowest BCUT2D eigenvalue weighted by molar-refractivity contribution is 0.735. The molecule has 0 aliphatic carbocycles. The van der Waals surface area contributed by atoms with Crippen LogP contribution in [-0.4, -0.2) is 12.6 Å². The molecular formula is C11H14ClN. The third-order valence-corrected chi connectivity index (χ3v) is 2.93. The van der Waals surface area contributed by atoms with Crippen molar-refractivity contribution >= 4 is 17.3 Å². The van der Waals surface area contributed by atoms with Gasteiger partial charge in [-0.3, -0.25) is 0 Å². The monoisotopic (exact) mass is 195 g/mol. The molecule has 0 aromatic heterocycles. The van der Waals surface area contributed by atoms with Crippen molar-refractivity contribution in [2.45, 2.75) is 25.8 Å². The molecule has 0 amide bonds. The van der Waals surface area contributed by atoms with Crippen LogP contribution in [0.1, 0.15) is 19.8 Å². The van der Waals surface area contributed by atoms with Crippen LogP contribution >= 0.6 is 11.6 Å². The maximum atomic E-state index is 5.94. The average molecular weight is 196 g/mol. The second-order valence-electron chi connectivity index (χ2n) is 3.66. The van der Waals surface area contributed by atoms with Crippen molar-refractivity contribution < 1.29 is 0 Å². The number of benzene rings is 1. The van der Waals surface area contributed by atoms with Gasteiger partial charge in [0, 0.05) is 23.3 Å². The van der Waals surface area contributed by atoms with Crippen LogP contribution < -0.4 is 4.90 Å². The molecule has 1 aromatic rings. The van der Waals surface area contributed by atoms with Gasteiger partial charge in [-0.15, -0.1) is 0 Å². The van der Waals surface area contributed by atoms with E-state index in [-0.39, 0.29) is 0 Å². The van der Waals surface area contributed by atoms with Gasteiger partial charge in [0.2, 0.25) is 0 Å². The fraction of sp³-hybridized carbons (Fsp3) is 0.455. The molecule has 1 atom stereocenters. The first-order chi connectivity index (χ1) is 6.27. The number of hydrogen-bond acceptors (Lipinski definition) is 1. The summed E-state index contributed by atoms with van der Waals surface area (Å²) in [6.07, 6.45) is 2.60. The Balaban J connectivity index is 2.24. The number of halogens is 1. The Bertz CT molecular complexity index is 298. The summed E-state index contributed by atoms with van der Waals surface area (Å²) in [5.74, 6) is 0. The third kappa shape index (κ3) is 1.80. The van der Waals surface area contributed by atoms with Gasteiger partial charge in [0.1, 0.15) is 0 Å². The van der Waals surface area contributed by atoms with Gasteiger partial charge in [-0.25, -0.2) is 0 Å². The standard InChI is InChI=1S/C11H14ClN/c1-9-4-3-7-13(9)11-6-2-5-10(12)8-11/h2,5-6,8-9H,3-4,7H2,1H3. The lowest BCUT2D eigenvalue weighted by Crippen LogP contribution is -2.25. The molecule has 0 radical (unpaired) electrons. The number of anilines is 1. The van der Waals surface area contributed by atoms with Crippen molar-refractivity contribution in [3.8, 4) is 0 Å². The van der Waals surface area contributed by atoms with Crippen LogP contribution in [-0.2, 0) is 0 Å². The minimum absolute atomic E-state index is 0.665. The molecule has 1 aliphatic rings. The zero-order valence-corrected chi connectivity index (χ0v) is 8.59. The van der Waals surface area contributed by atoms with E-state index in [4.69, 9.17) is 11.6 Å². The smallest absolute Gasteiger partial charge is 0.0426 e. The van der Waals surface area contributed by atoms with E-state index in [0.29, 0.717) is 6.04 Å². The van der Waals surface area contributed by atoms with Gasteiger partial charge in [-0.1, -0.05) is 17.7 Å². The van der Waals surface area contributed by atoms with Crippen LogP contribution in [0.3, 0.4) is 0 Å². The Labute approximate surface area is 84.3 Å². The molecule has 1 saturated heterocycles. The summed E-state index contributed by atoms with van der Waals surface area (Å²) in [4.78, 5) is 2.42. The molecule has 0 N–H and O–H groups in total. The Morgan fingerprint density at radius 3 is 2.92 bits per heavy atom. The van der Waals surface area contributed by atoms with Crippen molar-refractivity contribution in [2.75, 3.05) is 11.4 Å². The quantitative estimate of drug-likeness (QED) is 0.665. The molecule has 0 saturated carbocycles. The summed E-state index contributed by atoms with van der Waals surface area (Å²) < 4.78 is 0. The normalized spacial score (nSPS) is 22.3. The minimum atomic E-state index is 0.665. The molecule has 1 aliphatic heterocycles. The number of nitrogens with zero attached hydrogens (tertiary/aromatic N) is 1. The fourth-order valence-electron chi connectivity index (χ4n) is 1.97. The van der Waals surface area contributed by atoms with Gasteiger partial charge in [-0.2, -0.15) is 0 Å². The van der Waals surface area contributed by atoms with E-state index in [1.54, 1.807) is 0 Å². The minimum Gasteiger partial charge on any atom is -0.369 e.